The highest BCUT2D eigenvalue weighted by molar-refractivity contribution is 6.33. The number of benzene rings is 10. The van der Waals surface area contributed by atoms with Crippen LogP contribution < -0.4 is 0 Å². The maximum absolute atomic E-state index is 5.19. The number of nitrogens with zero attached hydrogens (tertiary/aromatic N) is 3. The Morgan fingerprint density at radius 1 is 0.279 bits per heavy atom. The summed E-state index contributed by atoms with van der Waals surface area (Å²) in [7, 11) is 0. The lowest BCUT2D eigenvalue weighted by atomic mass is 9.81. The van der Waals surface area contributed by atoms with Crippen molar-refractivity contribution in [2.24, 2.45) is 0 Å². The molecule has 0 fully saturated rings. The summed E-state index contributed by atoms with van der Waals surface area (Å²) >= 11 is 0. The topological polar surface area (TPSA) is 38.7 Å². The second kappa shape index (κ2) is 13.7. The average Bonchev–Trinajstić information content (AvgIpc) is 3.56. The van der Waals surface area contributed by atoms with Gasteiger partial charge in [0.15, 0.2) is 17.5 Å². The molecule has 10 aromatic carbocycles. The molecule has 0 atom stereocenters. The van der Waals surface area contributed by atoms with E-state index in [0.717, 1.165) is 27.8 Å². The molecule has 0 aliphatic heterocycles. The number of aromatic nitrogens is 3. The van der Waals surface area contributed by atoms with Crippen molar-refractivity contribution in [2.75, 3.05) is 0 Å². The Labute approximate surface area is 354 Å². The molecule has 0 bridgehead atoms. The van der Waals surface area contributed by atoms with Crippen molar-refractivity contribution >= 4 is 43.1 Å². The second-order valence-corrected chi connectivity index (χ2v) is 16.7. The molecule has 1 heterocycles. The Morgan fingerprint density at radius 2 is 0.754 bits per heavy atom. The fraction of sp³-hybridized carbons (Fsp3) is 0.0517. The first-order valence-corrected chi connectivity index (χ1v) is 21.0. The Kier molecular flexibility index (Phi) is 7.88. The van der Waals surface area contributed by atoms with Gasteiger partial charge in [0.1, 0.15) is 0 Å². The van der Waals surface area contributed by atoms with E-state index in [1.165, 1.54) is 76.5 Å². The number of hydrogen-bond acceptors (Lipinski definition) is 3. The molecule has 1 aromatic heterocycles. The first kappa shape index (κ1) is 35.2. The highest BCUT2D eigenvalue weighted by Crippen LogP contribution is 2.50. The molecule has 0 radical (unpaired) electrons. The minimum absolute atomic E-state index is 0.0566. The summed E-state index contributed by atoms with van der Waals surface area (Å²) in [5.41, 5.74) is 12.8. The summed E-state index contributed by atoms with van der Waals surface area (Å²) in [6, 6.07) is 72.1. The molecule has 286 valence electrons. The molecule has 0 saturated carbocycles. The molecule has 0 unspecified atom stereocenters. The summed E-state index contributed by atoms with van der Waals surface area (Å²) < 4.78 is 0. The summed E-state index contributed by atoms with van der Waals surface area (Å²) in [6.45, 7) is 4.66. The molecular formula is C58H39N3. The Bertz CT molecular complexity index is 3550. The molecule has 0 amide bonds. The van der Waals surface area contributed by atoms with E-state index in [1.807, 2.05) is 18.2 Å². The van der Waals surface area contributed by atoms with Gasteiger partial charge in [-0.3, -0.25) is 0 Å². The van der Waals surface area contributed by atoms with Crippen molar-refractivity contribution in [3.05, 3.63) is 211 Å². The third kappa shape index (κ3) is 5.62. The van der Waals surface area contributed by atoms with Crippen LogP contribution in [0.4, 0.5) is 0 Å². The van der Waals surface area contributed by atoms with Gasteiger partial charge in [-0.25, -0.2) is 15.0 Å². The third-order valence-corrected chi connectivity index (χ3v) is 12.9. The SMILES string of the molecule is CC1(C)c2ccccc2-c2ccc(-c3ccc(-c4nc(-c5ccccc5)nc(-c5cccc(-c6cc7c8ccccc8c8ccccc8c7c7ccccc67)c5)n4)cc3)cc21. The van der Waals surface area contributed by atoms with Gasteiger partial charge in [0.2, 0.25) is 0 Å². The van der Waals surface area contributed by atoms with Crippen LogP contribution >= 0.6 is 0 Å². The van der Waals surface area contributed by atoms with Gasteiger partial charge < -0.3 is 0 Å². The average molecular weight is 778 g/mol. The van der Waals surface area contributed by atoms with Gasteiger partial charge in [-0.05, 0) is 106 Å². The van der Waals surface area contributed by atoms with Crippen LogP contribution in [0.25, 0.3) is 111 Å². The molecule has 61 heavy (non-hydrogen) atoms. The standard InChI is InChI=1S/C58H39N3/c1-58(2)52-26-13-12-23-46(52)47-32-31-39(34-53(47)58)36-27-29-38(30-28-36)56-59-55(37-15-4-3-5-16-37)60-57(61-56)41-18-14-17-40(33-41)50-35-51-44-21-7-6-19-42(44)43-20-8-10-24-48(43)54(51)49-25-11-9-22-45(49)50/h3-35H,1-2H3. The van der Waals surface area contributed by atoms with Crippen LogP contribution in [0.2, 0.25) is 0 Å². The van der Waals surface area contributed by atoms with Gasteiger partial charge in [0, 0.05) is 22.1 Å². The second-order valence-electron chi connectivity index (χ2n) is 16.7. The zero-order chi connectivity index (χ0) is 40.7. The van der Waals surface area contributed by atoms with Crippen LogP contribution in [-0.2, 0) is 5.41 Å². The zero-order valence-electron chi connectivity index (χ0n) is 33.9. The normalized spacial score (nSPS) is 12.9. The Balaban J connectivity index is 0.977. The maximum Gasteiger partial charge on any atom is 0.164 e. The Morgan fingerprint density at radius 3 is 1.48 bits per heavy atom. The van der Waals surface area contributed by atoms with Crippen molar-refractivity contribution in [3.63, 3.8) is 0 Å². The predicted molar refractivity (Wildman–Crippen MR) is 255 cm³/mol. The minimum Gasteiger partial charge on any atom is -0.208 e. The van der Waals surface area contributed by atoms with Gasteiger partial charge in [0.25, 0.3) is 0 Å². The molecule has 1 aliphatic rings. The molecule has 12 rings (SSSR count). The summed E-state index contributed by atoms with van der Waals surface area (Å²) in [5, 5.41) is 10.1. The van der Waals surface area contributed by atoms with Crippen LogP contribution in [0.3, 0.4) is 0 Å². The van der Waals surface area contributed by atoms with Crippen molar-refractivity contribution < 1.29 is 0 Å². The molecule has 0 N–H and O–H groups in total. The van der Waals surface area contributed by atoms with E-state index >= 15 is 0 Å². The fourth-order valence-electron chi connectivity index (χ4n) is 9.88. The molecule has 1 aliphatic carbocycles. The summed E-state index contributed by atoms with van der Waals surface area (Å²) in [4.78, 5) is 15.4. The summed E-state index contributed by atoms with van der Waals surface area (Å²) in [5.74, 6) is 1.92. The Hall–Kier alpha value is -7.75. The lowest BCUT2D eigenvalue weighted by Crippen LogP contribution is -2.14. The largest absolute Gasteiger partial charge is 0.208 e. The monoisotopic (exact) mass is 777 g/mol. The molecule has 11 aromatic rings. The van der Waals surface area contributed by atoms with Crippen LogP contribution in [0.15, 0.2) is 200 Å². The fourth-order valence-corrected chi connectivity index (χ4v) is 9.88. The van der Waals surface area contributed by atoms with E-state index in [1.54, 1.807) is 0 Å². The van der Waals surface area contributed by atoms with Crippen molar-refractivity contribution in [1.29, 1.82) is 0 Å². The van der Waals surface area contributed by atoms with Crippen LogP contribution in [-0.4, -0.2) is 15.0 Å². The van der Waals surface area contributed by atoms with Crippen LogP contribution in [0.1, 0.15) is 25.0 Å². The highest BCUT2D eigenvalue weighted by Gasteiger charge is 2.35. The van der Waals surface area contributed by atoms with Crippen molar-refractivity contribution in [3.8, 4) is 67.5 Å². The third-order valence-electron chi connectivity index (χ3n) is 12.9. The number of fused-ring (bicyclic) bond motifs is 11. The maximum atomic E-state index is 5.19. The number of rotatable bonds is 5. The van der Waals surface area contributed by atoms with E-state index < -0.39 is 0 Å². The minimum atomic E-state index is -0.0566. The molecular weight excluding hydrogens is 739 g/mol. The molecule has 3 nitrogen and oxygen atoms in total. The van der Waals surface area contributed by atoms with E-state index in [-0.39, 0.29) is 5.41 Å². The number of hydrogen-bond donors (Lipinski definition) is 0. The molecule has 3 heteroatoms. The van der Waals surface area contributed by atoms with Gasteiger partial charge in [-0.15, -0.1) is 0 Å². The van der Waals surface area contributed by atoms with Crippen molar-refractivity contribution in [2.45, 2.75) is 19.3 Å². The van der Waals surface area contributed by atoms with Crippen molar-refractivity contribution in [1.82, 2.24) is 15.0 Å². The summed E-state index contributed by atoms with van der Waals surface area (Å²) in [6.07, 6.45) is 0. The predicted octanol–water partition coefficient (Wildman–Crippen LogP) is 15.1. The zero-order valence-corrected chi connectivity index (χ0v) is 33.9. The lowest BCUT2D eigenvalue weighted by molar-refractivity contribution is 0.660. The van der Waals surface area contributed by atoms with Gasteiger partial charge in [-0.2, -0.15) is 0 Å². The van der Waals surface area contributed by atoms with E-state index in [9.17, 15) is 0 Å². The van der Waals surface area contributed by atoms with E-state index in [0.29, 0.717) is 17.5 Å². The van der Waals surface area contributed by atoms with Crippen LogP contribution in [0, 0.1) is 0 Å². The van der Waals surface area contributed by atoms with Gasteiger partial charge >= 0.3 is 0 Å². The van der Waals surface area contributed by atoms with Crippen LogP contribution in [0.5, 0.6) is 0 Å². The highest BCUT2D eigenvalue weighted by atomic mass is 15.0. The van der Waals surface area contributed by atoms with E-state index in [4.69, 9.17) is 15.0 Å². The van der Waals surface area contributed by atoms with E-state index in [2.05, 4.69) is 196 Å². The molecule has 0 spiro atoms. The lowest BCUT2D eigenvalue weighted by Gasteiger charge is -2.22. The first-order valence-electron chi connectivity index (χ1n) is 21.0. The smallest absolute Gasteiger partial charge is 0.164 e. The van der Waals surface area contributed by atoms with Gasteiger partial charge in [-0.1, -0.05) is 196 Å². The first-order chi connectivity index (χ1) is 30.0. The molecule has 0 saturated heterocycles. The quantitative estimate of drug-likeness (QED) is 0.163. The van der Waals surface area contributed by atoms with Gasteiger partial charge in [0.05, 0.1) is 0 Å².